The third-order valence-electron chi connectivity index (χ3n) is 5.12. The molecule has 2 unspecified atom stereocenters. The van der Waals surface area contributed by atoms with Crippen LogP contribution in [0, 0.1) is 23.0 Å². The highest BCUT2D eigenvalue weighted by atomic mass is 16.6. The second-order valence-electron chi connectivity index (χ2n) is 7.20. The Morgan fingerprint density at radius 1 is 1.22 bits per heavy atom. The molecule has 1 aromatic heterocycles. The molecule has 0 bridgehead atoms. The van der Waals surface area contributed by atoms with Crippen LogP contribution in [0.2, 0.25) is 0 Å². The van der Waals surface area contributed by atoms with Crippen LogP contribution in [0.3, 0.4) is 0 Å². The number of nitro groups is 1. The van der Waals surface area contributed by atoms with Crippen molar-refractivity contribution in [3.05, 3.63) is 46.1 Å². The Hall–Kier alpha value is -2.54. The lowest BCUT2D eigenvalue weighted by Gasteiger charge is -2.27. The fourth-order valence-corrected chi connectivity index (χ4v) is 3.63. The molecular formula is C20H26N4O3. The summed E-state index contributed by atoms with van der Waals surface area (Å²) in [5.74, 6) is 1.72. The zero-order chi connectivity index (χ0) is 19.2. The molecule has 1 aliphatic carbocycles. The van der Waals surface area contributed by atoms with Crippen molar-refractivity contribution in [2.24, 2.45) is 5.92 Å². The van der Waals surface area contributed by atoms with Crippen molar-refractivity contribution in [1.82, 2.24) is 9.97 Å². The van der Waals surface area contributed by atoms with Crippen molar-refractivity contribution in [1.29, 1.82) is 0 Å². The Morgan fingerprint density at radius 3 is 2.67 bits per heavy atom. The first-order valence-corrected chi connectivity index (χ1v) is 9.55. The minimum absolute atomic E-state index is 0.0506. The van der Waals surface area contributed by atoms with Crippen LogP contribution in [0.15, 0.2) is 30.3 Å². The lowest BCUT2D eigenvalue weighted by molar-refractivity contribution is -0.384. The van der Waals surface area contributed by atoms with E-state index < -0.39 is 4.92 Å². The molecule has 0 amide bonds. The van der Waals surface area contributed by atoms with Gasteiger partial charge in [-0.3, -0.25) is 10.1 Å². The van der Waals surface area contributed by atoms with Crippen molar-refractivity contribution < 1.29 is 10.0 Å². The topological polar surface area (TPSA) is 101 Å². The van der Waals surface area contributed by atoms with E-state index in [4.69, 9.17) is 0 Å². The quantitative estimate of drug-likeness (QED) is 0.432. The Labute approximate surface area is 159 Å². The Balaban J connectivity index is 1.59. The summed E-state index contributed by atoms with van der Waals surface area (Å²) < 4.78 is 0. The Kier molecular flexibility index (Phi) is 6.34. The number of hydrogen-bond acceptors (Lipinski definition) is 6. The third-order valence-corrected chi connectivity index (χ3v) is 5.12. The molecule has 2 aromatic rings. The van der Waals surface area contributed by atoms with Gasteiger partial charge in [0, 0.05) is 36.0 Å². The van der Waals surface area contributed by atoms with Gasteiger partial charge < -0.3 is 10.4 Å². The molecule has 1 fully saturated rings. The van der Waals surface area contributed by atoms with Crippen LogP contribution in [0.25, 0.3) is 11.4 Å². The van der Waals surface area contributed by atoms with Gasteiger partial charge in [-0.2, -0.15) is 0 Å². The number of aryl methyl sites for hydroxylation is 1. The summed E-state index contributed by atoms with van der Waals surface area (Å²) >= 11 is 0. The molecule has 0 aliphatic heterocycles. The molecule has 2 N–H and O–H groups in total. The summed E-state index contributed by atoms with van der Waals surface area (Å²) in [7, 11) is 0. The van der Waals surface area contributed by atoms with Gasteiger partial charge in [0.1, 0.15) is 5.82 Å². The van der Waals surface area contributed by atoms with E-state index in [1.54, 1.807) is 12.1 Å². The molecule has 2 atom stereocenters. The van der Waals surface area contributed by atoms with Gasteiger partial charge in [0.25, 0.3) is 5.69 Å². The van der Waals surface area contributed by atoms with E-state index >= 15 is 0 Å². The molecule has 1 saturated carbocycles. The minimum Gasteiger partial charge on any atom is -0.393 e. The number of rotatable bonds is 7. The van der Waals surface area contributed by atoms with E-state index in [1.807, 2.05) is 13.0 Å². The zero-order valence-electron chi connectivity index (χ0n) is 15.6. The monoisotopic (exact) mass is 370 g/mol. The maximum atomic E-state index is 10.8. The Morgan fingerprint density at radius 2 is 1.96 bits per heavy atom. The van der Waals surface area contributed by atoms with Crippen LogP contribution < -0.4 is 5.32 Å². The fraction of sp³-hybridized carbons (Fsp3) is 0.500. The van der Waals surface area contributed by atoms with E-state index in [-0.39, 0.29) is 11.8 Å². The molecule has 0 saturated heterocycles. The highest BCUT2D eigenvalue weighted by molar-refractivity contribution is 5.59. The number of nitro benzene ring substituents is 1. The van der Waals surface area contributed by atoms with Crippen LogP contribution in [0.5, 0.6) is 0 Å². The average molecular weight is 370 g/mol. The summed E-state index contributed by atoms with van der Waals surface area (Å²) in [5.41, 5.74) is 1.64. The smallest absolute Gasteiger partial charge is 0.269 e. The number of benzene rings is 1. The van der Waals surface area contributed by atoms with E-state index in [2.05, 4.69) is 15.3 Å². The van der Waals surface area contributed by atoms with Crippen molar-refractivity contribution in [2.45, 2.75) is 51.6 Å². The molecule has 1 heterocycles. The van der Waals surface area contributed by atoms with E-state index in [0.717, 1.165) is 55.7 Å². The molecule has 7 nitrogen and oxygen atoms in total. The van der Waals surface area contributed by atoms with Crippen LogP contribution >= 0.6 is 0 Å². The van der Waals surface area contributed by atoms with Crippen LogP contribution in [-0.2, 0) is 0 Å². The number of nitrogens with one attached hydrogen (secondary N) is 1. The van der Waals surface area contributed by atoms with Crippen LogP contribution in [0.4, 0.5) is 11.5 Å². The number of nitrogens with zero attached hydrogens (tertiary/aromatic N) is 3. The summed E-state index contributed by atoms with van der Waals surface area (Å²) in [4.78, 5) is 19.3. The van der Waals surface area contributed by atoms with Gasteiger partial charge in [-0.25, -0.2) is 9.97 Å². The number of aliphatic hydroxyl groups excluding tert-OH is 1. The van der Waals surface area contributed by atoms with Gasteiger partial charge in [-0.05, 0) is 50.7 Å². The van der Waals surface area contributed by atoms with Gasteiger partial charge in [-0.15, -0.1) is 0 Å². The van der Waals surface area contributed by atoms with Gasteiger partial charge >= 0.3 is 0 Å². The maximum Gasteiger partial charge on any atom is 0.269 e. The molecule has 1 aliphatic rings. The first-order valence-electron chi connectivity index (χ1n) is 9.55. The normalized spacial score (nSPS) is 19.6. The first-order chi connectivity index (χ1) is 13.0. The highest BCUT2D eigenvalue weighted by Gasteiger charge is 2.22. The fourth-order valence-electron chi connectivity index (χ4n) is 3.63. The first kappa shape index (κ1) is 19.2. The number of hydrogen-bond donors (Lipinski definition) is 2. The molecule has 0 radical (unpaired) electrons. The van der Waals surface area contributed by atoms with Gasteiger partial charge in [0.15, 0.2) is 5.82 Å². The minimum atomic E-state index is -0.420. The standard InChI is InChI=1S/C20H26N4O3/c1-14-13-19(21-12-4-6-15-5-2-3-7-18(15)25)23-20(22-14)16-8-10-17(11-9-16)24(26)27/h8-11,13,15,18,25H,2-7,12H2,1H3,(H,21,22,23). The molecule has 7 heteroatoms. The molecule has 0 spiro atoms. The average Bonchev–Trinajstić information content (AvgIpc) is 2.66. The Bertz CT molecular complexity index is 779. The van der Waals surface area contributed by atoms with Crippen molar-refractivity contribution in [2.75, 3.05) is 11.9 Å². The van der Waals surface area contributed by atoms with Crippen LogP contribution in [0.1, 0.15) is 44.2 Å². The molecule has 3 rings (SSSR count). The third kappa shape index (κ3) is 5.23. The highest BCUT2D eigenvalue weighted by Crippen LogP contribution is 2.28. The zero-order valence-corrected chi connectivity index (χ0v) is 15.6. The van der Waals surface area contributed by atoms with E-state index in [0.29, 0.717) is 11.7 Å². The largest absolute Gasteiger partial charge is 0.393 e. The molecule has 1 aromatic carbocycles. The lowest BCUT2D eigenvalue weighted by atomic mass is 9.83. The lowest BCUT2D eigenvalue weighted by Crippen LogP contribution is -2.24. The number of aromatic nitrogens is 2. The van der Waals surface area contributed by atoms with Crippen molar-refractivity contribution in [3.63, 3.8) is 0 Å². The van der Waals surface area contributed by atoms with Gasteiger partial charge in [0.05, 0.1) is 11.0 Å². The summed E-state index contributed by atoms with van der Waals surface area (Å²) in [6, 6.07) is 8.15. The van der Waals surface area contributed by atoms with Crippen LogP contribution in [-0.4, -0.2) is 32.6 Å². The van der Waals surface area contributed by atoms with E-state index in [1.165, 1.54) is 18.6 Å². The maximum absolute atomic E-state index is 10.8. The van der Waals surface area contributed by atoms with Crippen molar-refractivity contribution in [3.8, 4) is 11.4 Å². The van der Waals surface area contributed by atoms with Crippen molar-refractivity contribution >= 4 is 11.5 Å². The molecule has 27 heavy (non-hydrogen) atoms. The number of anilines is 1. The predicted octanol–water partition coefficient (Wildman–Crippen LogP) is 4.10. The molecule has 144 valence electrons. The second-order valence-corrected chi connectivity index (χ2v) is 7.20. The van der Waals surface area contributed by atoms with Gasteiger partial charge in [0.2, 0.25) is 0 Å². The number of non-ortho nitro benzene ring substituents is 1. The SMILES string of the molecule is Cc1cc(NCCCC2CCCCC2O)nc(-c2ccc([N+](=O)[O-])cc2)n1. The second kappa shape index (κ2) is 8.90. The summed E-state index contributed by atoms with van der Waals surface area (Å²) in [6.07, 6.45) is 6.28. The number of aliphatic hydroxyl groups is 1. The van der Waals surface area contributed by atoms with E-state index in [9.17, 15) is 15.2 Å². The summed E-state index contributed by atoms with van der Waals surface area (Å²) in [6.45, 7) is 2.69. The summed E-state index contributed by atoms with van der Waals surface area (Å²) in [5, 5.41) is 24.2. The van der Waals surface area contributed by atoms with Gasteiger partial charge in [-0.1, -0.05) is 12.8 Å². The predicted molar refractivity (Wildman–Crippen MR) is 105 cm³/mol. The molecular weight excluding hydrogens is 344 g/mol.